The maximum absolute atomic E-state index is 2.81. The molecule has 284 valence electrons. The molecule has 1 aliphatic carbocycles. The molecule has 2 nitrogen and oxygen atoms in total. The molecule has 10 aromatic rings. The highest BCUT2D eigenvalue weighted by Crippen LogP contribution is 2.66. The summed E-state index contributed by atoms with van der Waals surface area (Å²) in [5.41, 5.74) is 23.8. The highest BCUT2D eigenvalue weighted by Gasteiger charge is 2.56. The third kappa shape index (κ3) is 3.72. The van der Waals surface area contributed by atoms with E-state index in [0.29, 0.717) is 0 Å². The lowest BCUT2D eigenvalue weighted by molar-refractivity contribution is 0.633. The molecule has 15 rings (SSSR count). The number of hydrogen-bond acceptors (Lipinski definition) is 3. The largest absolute Gasteiger partial charge is 0.376 e. The zero-order valence-corrected chi connectivity index (χ0v) is 34.9. The van der Waals surface area contributed by atoms with Gasteiger partial charge >= 0.3 is 6.85 Å². The zero-order valence-electron chi connectivity index (χ0n) is 34.0. The molecule has 0 bridgehead atoms. The summed E-state index contributed by atoms with van der Waals surface area (Å²) < 4.78 is 2.69. The lowest BCUT2D eigenvalue weighted by Crippen LogP contribution is -2.63. The molecule has 0 N–H and O–H groups in total. The second-order valence-corrected chi connectivity index (χ2v) is 19.5. The van der Waals surface area contributed by atoms with Crippen LogP contribution < -0.4 is 20.6 Å². The molecule has 5 aliphatic rings. The van der Waals surface area contributed by atoms with Crippen molar-refractivity contribution in [2.24, 2.45) is 0 Å². The first-order chi connectivity index (χ1) is 29.9. The van der Waals surface area contributed by atoms with E-state index in [9.17, 15) is 0 Å². The first-order valence-corrected chi connectivity index (χ1v) is 22.5. The van der Waals surface area contributed by atoms with Gasteiger partial charge in [0.25, 0.3) is 0 Å². The molecule has 4 aliphatic heterocycles. The Kier molecular flexibility index (Phi) is 5.88. The minimum absolute atomic E-state index is 0.0549. The summed E-state index contributed by atoms with van der Waals surface area (Å²) in [5.74, 6) is 0. The smallest absolute Gasteiger partial charge is 0.333 e. The van der Waals surface area contributed by atoms with E-state index in [1.165, 1.54) is 132 Å². The van der Waals surface area contributed by atoms with E-state index in [1.807, 2.05) is 11.3 Å². The molecule has 0 fully saturated rings. The van der Waals surface area contributed by atoms with Gasteiger partial charge < -0.3 is 9.71 Å². The lowest BCUT2D eigenvalue weighted by Gasteiger charge is -2.53. The van der Waals surface area contributed by atoms with Crippen LogP contribution in [0.4, 0.5) is 28.4 Å². The molecule has 5 heterocycles. The Bertz CT molecular complexity index is 3670. The number of thiophene rings is 1. The Morgan fingerprint density at radius 2 is 1.20 bits per heavy atom. The normalized spacial score (nSPS) is 17.5. The summed E-state index contributed by atoms with van der Waals surface area (Å²) in [5, 5.41) is 5.23. The van der Waals surface area contributed by atoms with E-state index in [4.69, 9.17) is 0 Å². The monoisotopic (exact) mass is 792 g/mol. The maximum atomic E-state index is 2.81. The van der Waals surface area contributed by atoms with Crippen LogP contribution in [0.1, 0.15) is 48.6 Å². The SMILES string of the molecule is CC1(C)c2cc3ccccc3cc2N2c3c(cccc31)B1c3c(cc4c(sc5ccccc54)c32)-c2ccc(-c3ccccc3)c3c2N1c1cccc2c1C3(C)c1ccccc1-2. The Morgan fingerprint density at radius 3 is 2.08 bits per heavy atom. The predicted octanol–water partition coefficient (Wildman–Crippen LogP) is 13.9. The van der Waals surface area contributed by atoms with Crippen LogP contribution in [0.15, 0.2) is 170 Å². The zero-order chi connectivity index (χ0) is 40.1. The van der Waals surface area contributed by atoms with Crippen molar-refractivity contribution in [1.29, 1.82) is 0 Å². The number of hydrogen-bond donors (Lipinski definition) is 0. The van der Waals surface area contributed by atoms with Gasteiger partial charge in [-0.25, -0.2) is 0 Å². The number of para-hydroxylation sites is 1. The van der Waals surface area contributed by atoms with E-state index in [2.05, 4.69) is 200 Å². The fourth-order valence-corrected chi connectivity index (χ4v) is 14.0. The van der Waals surface area contributed by atoms with Gasteiger partial charge in [0.15, 0.2) is 0 Å². The summed E-state index contributed by atoms with van der Waals surface area (Å²) >= 11 is 1.96. The van der Waals surface area contributed by atoms with Crippen molar-refractivity contribution < 1.29 is 0 Å². The van der Waals surface area contributed by atoms with Crippen molar-refractivity contribution in [3.63, 3.8) is 0 Å². The van der Waals surface area contributed by atoms with Gasteiger partial charge in [-0.05, 0) is 115 Å². The fraction of sp³-hybridized carbons (Fsp3) is 0.0877. The van der Waals surface area contributed by atoms with Gasteiger partial charge in [-0.2, -0.15) is 0 Å². The molecule has 0 radical (unpaired) electrons. The molecular weight excluding hydrogens is 756 g/mol. The van der Waals surface area contributed by atoms with Crippen LogP contribution in [0.2, 0.25) is 0 Å². The number of fused-ring (bicyclic) bond motifs is 16. The van der Waals surface area contributed by atoms with Crippen LogP contribution in [0.25, 0.3) is 64.3 Å². The van der Waals surface area contributed by atoms with Gasteiger partial charge in [0.1, 0.15) is 0 Å². The summed E-state index contributed by atoms with van der Waals surface area (Å²) in [6.45, 7) is 7.36. The Morgan fingerprint density at radius 1 is 0.475 bits per heavy atom. The summed E-state index contributed by atoms with van der Waals surface area (Å²) in [4.78, 5) is 5.53. The Balaban J connectivity index is 1.17. The quantitative estimate of drug-likeness (QED) is 0.153. The van der Waals surface area contributed by atoms with Crippen molar-refractivity contribution >= 4 is 88.5 Å². The van der Waals surface area contributed by atoms with Gasteiger partial charge in [-0.3, -0.25) is 0 Å². The molecule has 1 unspecified atom stereocenters. The number of rotatable bonds is 1. The first kappa shape index (κ1) is 32.9. The van der Waals surface area contributed by atoms with Gasteiger partial charge in [0, 0.05) is 48.9 Å². The van der Waals surface area contributed by atoms with Crippen molar-refractivity contribution in [2.75, 3.05) is 9.71 Å². The van der Waals surface area contributed by atoms with Gasteiger partial charge in [0.05, 0.1) is 16.1 Å². The van der Waals surface area contributed by atoms with Crippen LogP contribution in [0, 0.1) is 0 Å². The van der Waals surface area contributed by atoms with Crippen molar-refractivity contribution in [2.45, 2.75) is 31.6 Å². The molecule has 1 atom stereocenters. The highest BCUT2D eigenvalue weighted by atomic mass is 32.1. The van der Waals surface area contributed by atoms with Gasteiger partial charge in [-0.15, -0.1) is 11.3 Å². The average Bonchev–Trinajstić information content (AvgIpc) is 3.81. The molecule has 1 aromatic heterocycles. The van der Waals surface area contributed by atoms with Crippen LogP contribution in [-0.2, 0) is 10.8 Å². The second-order valence-electron chi connectivity index (χ2n) is 18.5. The fourth-order valence-electron chi connectivity index (χ4n) is 12.8. The van der Waals surface area contributed by atoms with Crippen molar-refractivity contribution in [3.8, 4) is 33.4 Å². The highest BCUT2D eigenvalue weighted by molar-refractivity contribution is 7.26. The molecule has 0 saturated carbocycles. The lowest BCUT2D eigenvalue weighted by atomic mass is 9.41. The van der Waals surface area contributed by atoms with Gasteiger partial charge in [-0.1, -0.05) is 153 Å². The van der Waals surface area contributed by atoms with Crippen LogP contribution >= 0.6 is 11.3 Å². The van der Waals surface area contributed by atoms with Crippen LogP contribution in [-0.4, -0.2) is 6.85 Å². The molecular formula is C57H37BN2S. The number of nitrogens with zero attached hydrogens (tertiary/aromatic N) is 2. The molecule has 0 spiro atoms. The molecule has 9 aromatic carbocycles. The Labute approximate surface area is 359 Å². The van der Waals surface area contributed by atoms with E-state index in [0.717, 1.165) is 0 Å². The average molecular weight is 793 g/mol. The topological polar surface area (TPSA) is 6.48 Å². The summed E-state index contributed by atoms with van der Waals surface area (Å²) in [6.07, 6.45) is 0. The number of benzene rings is 9. The van der Waals surface area contributed by atoms with E-state index < -0.39 is 0 Å². The van der Waals surface area contributed by atoms with Crippen LogP contribution in [0.5, 0.6) is 0 Å². The summed E-state index contributed by atoms with van der Waals surface area (Å²) in [7, 11) is 0. The minimum Gasteiger partial charge on any atom is -0.376 e. The van der Waals surface area contributed by atoms with E-state index in [1.54, 1.807) is 0 Å². The number of anilines is 5. The van der Waals surface area contributed by atoms with Crippen molar-refractivity contribution in [3.05, 3.63) is 198 Å². The predicted molar refractivity (Wildman–Crippen MR) is 259 cm³/mol. The molecule has 0 saturated heterocycles. The third-order valence-electron chi connectivity index (χ3n) is 15.3. The third-order valence-corrected chi connectivity index (χ3v) is 16.5. The van der Waals surface area contributed by atoms with E-state index in [-0.39, 0.29) is 17.7 Å². The Hall–Kier alpha value is -6.88. The summed E-state index contributed by atoms with van der Waals surface area (Å²) in [6, 6.07) is 65.1. The second kappa shape index (κ2) is 10.9. The van der Waals surface area contributed by atoms with Crippen molar-refractivity contribution in [1.82, 2.24) is 0 Å². The minimum atomic E-state index is -0.367. The first-order valence-electron chi connectivity index (χ1n) is 21.6. The maximum Gasteiger partial charge on any atom is 0.333 e. The molecule has 61 heavy (non-hydrogen) atoms. The molecule has 0 amide bonds. The van der Waals surface area contributed by atoms with Gasteiger partial charge in [0.2, 0.25) is 0 Å². The molecule has 4 heteroatoms. The standard InChI is InChI=1S/C57H37BN2S/c1-56(2)43-23-14-24-45-53(43)59(47-30-34-18-8-7-17-33(34)29-44(47)56)54-51-40(31-41-37-20-10-12-26-48(37)61-55(41)54)39-28-27-35(32-15-5-4-6-16-32)50-52(39)60(58(45)51)46-25-13-21-38-36-19-9-11-22-42(36)57(50,3)49(38)46/h4-31H,1-3H3. The van der Waals surface area contributed by atoms with E-state index >= 15 is 0 Å². The van der Waals surface area contributed by atoms with Crippen LogP contribution in [0.3, 0.4) is 0 Å².